The molecule has 9 heteroatoms. The Morgan fingerprint density at radius 2 is 1.96 bits per heavy atom. The largest absolute Gasteiger partial charge is 0.480 e. The van der Waals surface area contributed by atoms with E-state index in [-0.39, 0.29) is 12.0 Å². The summed E-state index contributed by atoms with van der Waals surface area (Å²) in [6.45, 7) is 1.22. The van der Waals surface area contributed by atoms with Gasteiger partial charge in [-0.15, -0.1) is 10.2 Å². The Hall–Kier alpha value is -2.81. The maximum absolute atomic E-state index is 12.8. The Kier molecular flexibility index (Phi) is 4.61. The average Bonchev–Trinajstić information content (AvgIpc) is 3.16. The first kappa shape index (κ1) is 16.6. The number of amides is 1. The van der Waals surface area contributed by atoms with E-state index in [1.807, 2.05) is 11.0 Å². The third-order valence-electron chi connectivity index (χ3n) is 4.28. The molecule has 0 aliphatic carbocycles. The second-order valence-electron chi connectivity index (χ2n) is 6.01. The number of carbonyl (C=O) groups is 1. The summed E-state index contributed by atoms with van der Waals surface area (Å²) in [6.07, 6.45) is 1.63. The van der Waals surface area contributed by atoms with Crippen LogP contribution in [0.2, 0.25) is 0 Å². The van der Waals surface area contributed by atoms with Crippen LogP contribution in [0, 0.1) is 0 Å². The van der Waals surface area contributed by atoms with Crippen molar-refractivity contribution in [3.63, 3.8) is 0 Å². The average molecular weight is 371 g/mol. The molecular formula is C17H17N5O3S. The lowest BCUT2D eigenvalue weighted by atomic mass is 10.1. The third kappa shape index (κ3) is 3.43. The number of aromatic nitrogens is 4. The van der Waals surface area contributed by atoms with Crippen LogP contribution in [-0.4, -0.2) is 56.1 Å². The number of fused-ring (bicyclic) bond motifs is 1. The van der Waals surface area contributed by atoms with Crippen LogP contribution in [0.3, 0.4) is 0 Å². The summed E-state index contributed by atoms with van der Waals surface area (Å²) in [5, 5.41) is 7.88. The molecule has 1 fully saturated rings. The number of piperidine rings is 1. The number of nitrogens with zero attached hydrogens (tertiary/aromatic N) is 5. The van der Waals surface area contributed by atoms with Crippen molar-refractivity contribution < 1.29 is 14.3 Å². The summed E-state index contributed by atoms with van der Waals surface area (Å²) in [5.41, 5.74) is 2.18. The lowest BCUT2D eigenvalue weighted by molar-refractivity contribution is 0.0525. The van der Waals surface area contributed by atoms with Crippen LogP contribution in [-0.2, 0) is 0 Å². The standard InChI is InChI=1S/C17H17N5O3S/c1-24-15-6-7-16(19-18-15)25-12-3-2-8-22(10-12)17(23)11-4-5-13-14(9-11)21-26-20-13/h4-7,9,12H,2-3,8,10H2,1H3. The van der Waals surface area contributed by atoms with E-state index < -0.39 is 0 Å². The number of methoxy groups -OCH3 is 1. The smallest absolute Gasteiger partial charge is 0.254 e. The quantitative estimate of drug-likeness (QED) is 0.694. The first-order chi connectivity index (χ1) is 12.7. The molecule has 1 atom stereocenters. The molecular weight excluding hydrogens is 354 g/mol. The highest BCUT2D eigenvalue weighted by molar-refractivity contribution is 7.00. The van der Waals surface area contributed by atoms with E-state index >= 15 is 0 Å². The SMILES string of the molecule is COc1ccc(OC2CCCN(C(=O)c3ccc4nsnc4c3)C2)nn1. The molecule has 4 rings (SSSR count). The summed E-state index contributed by atoms with van der Waals surface area (Å²) in [6, 6.07) is 8.84. The van der Waals surface area contributed by atoms with Crippen molar-refractivity contribution in [2.24, 2.45) is 0 Å². The van der Waals surface area contributed by atoms with Gasteiger partial charge in [0.2, 0.25) is 11.8 Å². The number of rotatable bonds is 4. The minimum Gasteiger partial charge on any atom is -0.480 e. The normalized spacial score (nSPS) is 17.3. The second-order valence-corrected chi connectivity index (χ2v) is 6.54. The maximum atomic E-state index is 12.8. The highest BCUT2D eigenvalue weighted by atomic mass is 32.1. The summed E-state index contributed by atoms with van der Waals surface area (Å²) < 4.78 is 19.2. The first-order valence-corrected chi connectivity index (χ1v) is 9.02. The molecule has 0 spiro atoms. The zero-order chi connectivity index (χ0) is 17.9. The van der Waals surface area contributed by atoms with E-state index in [4.69, 9.17) is 9.47 Å². The monoisotopic (exact) mass is 371 g/mol. The molecule has 1 aromatic carbocycles. The molecule has 26 heavy (non-hydrogen) atoms. The Morgan fingerprint density at radius 1 is 1.15 bits per heavy atom. The van der Waals surface area contributed by atoms with Gasteiger partial charge in [-0.05, 0) is 31.0 Å². The van der Waals surface area contributed by atoms with Gasteiger partial charge in [0, 0.05) is 24.2 Å². The molecule has 1 aliphatic heterocycles. The summed E-state index contributed by atoms with van der Waals surface area (Å²) in [4.78, 5) is 14.6. The van der Waals surface area contributed by atoms with Gasteiger partial charge < -0.3 is 14.4 Å². The number of likely N-dealkylation sites (tertiary alicyclic amines) is 1. The summed E-state index contributed by atoms with van der Waals surface area (Å²) in [7, 11) is 1.54. The van der Waals surface area contributed by atoms with Gasteiger partial charge in [-0.1, -0.05) is 0 Å². The molecule has 0 N–H and O–H groups in total. The molecule has 1 saturated heterocycles. The van der Waals surface area contributed by atoms with Gasteiger partial charge in [0.05, 0.1) is 25.4 Å². The molecule has 1 unspecified atom stereocenters. The Labute approximate surface area is 154 Å². The highest BCUT2D eigenvalue weighted by Gasteiger charge is 2.26. The van der Waals surface area contributed by atoms with Crippen LogP contribution < -0.4 is 9.47 Å². The molecule has 0 bridgehead atoms. The van der Waals surface area contributed by atoms with Gasteiger partial charge in [-0.3, -0.25) is 4.79 Å². The van der Waals surface area contributed by atoms with E-state index in [1.54, 1.807) is 24.3 Å². The van der Waals surface area contributed by atoms with E-state index in [0.29, 0.717) is 30.4 Å². The summed E-state index contributed by atoms with van der Waals surface area (Å²) >= 11 is 1.15. The van der Waals surface area contributed by atoms with E-state index in [2.05, 4.69) is 18.9 Å². The van der Waals surface area contributed by atoms with Crippen LogP contribution in [0.25, 0.3) is 11.0 Å². The Morgan fingerprint density at radius 3 is 2.77 bits per heavy atom. The van der Waals surface area contributed by atoms with Crippen molar-refractivity contribution in [1.82, 2.24) is 23.8 Å². The fourth-order valence-electron chi connectivity index (χ4n) is 2.97. The van der Waals surface area contributed by atoms with Crippen LogP contribution in [0.4, 0.5) is 0 Å². The molecule has 3 heterocycles. The second kappa shape index (κ2) is 7.20. The highest BCUT2D eigenvalue weighted by Crippen LogP contribution is 2.20. The van der Waals surface area contributed by atoms with Crippen molar-refractivity contribution >= 4 is 28.7 Å². The zero-order valence-electron chi connectivity index (χ0n) is 14.2. The molecule has 2 aromatic heterocycles. The van der Waals surface area contributed by atoms with Gasteiger partial charge in [0.1, 0.15) is 17.1 Å². The molecule has 1 aliphatic rings. The van der Waals surface area contributed by atoms with E-state index in [9.17, 15) is 4.79 Å². The van der Waals surface area contributed by atoms with Crippen LogP contribution in [0.15, 0.2) is 30.3 Å². The number of ether oxygens (including phenoxy) is 2. The lowest BCUT2D eigenvalue weighted by Crippen LogP contribution is -2.44. The first-order valence-electron chi connectivity index (χ1n) is 8.29. The maximum Gasteiger partial charge on any atom is 0.254 e. The number of hydrogen-bond donors (Lipinski definition) is 0. The van der Waals surface area contributed by atoms with Gasteiger partial charge in [-0.2, -0.15) is 8.75 Å². The van der Waals surface area contributed by atoms with Crippen molar-refractivity contribution in [3.05, 3.63) is 35.9 Å². The summed E-state index contributed by atoms with van der Waals surface area (Å²) in [5.74, 6) is 0.846. The minimum absolute atomic E-state index is 0.0194. The Bertz CT molecular complexity index is 914. The van der Waals surface area contributed by atoms with Gasteiger partial charge >= 0.3 is 0 Å². The van der Waals surface area contributed by atoms with Gasteiger partial charge in [0.25, 0.3) is 5.91 Å². The molecule has 0 saturated carbocycles. The van der Waals surface area contributed by atoms with Crippen LogP contribution in [0.5, 0.6) is 11.8 Å². The topological polar surface area (TPSA) is 90.3 Å². The number of hydrogen-bond acceptors (Lipinski definition) is 8. The number of carbonyl (C=O) groups excluding carboxylic acids is 1. The molecule has 3 aromatic rings. The fourth-order valence-corrected chi connectivity index (χ4v) is 3.48. The predicted octanol–water partition coefficient (Wildman–Crippen LogP) is 2.17. The van der Waals surface area contributed by atoms with Gasteiger partial charge in [-0.25, -0.2) is 0 Å². The van der Waals surface area contributed by atoms with Crippen molar-refractivity contribution in [2.75, 3.05) is 20.2 Å². The molecule has 1 amide bonds. The van der Waals surface area contributed by atoms with Crippen LogP contribution in [0.1, 0.15) is 23.2 Å². The predicted molar refractivity (Wildman–Crippen MR) is 95.6 cm³/mol. The van der Waals surface area contributed by atoms with Gasteiger partial charge in [0.15, 0.2) is 0 Å². The fraction of sp³-hybridized carbons (Fsp3) is 0.353. The Balaban J connectivity index is 1.44. The van der Waals surface area contributed by atoms with E-state index in [1.165, 1.54) is 7.11 Å². The van der Waals surface area contributed by atoms with Crippen molar-refractivity contribution in [2.45, 2.75) is 18.9 Å². The minimum atomic E-state index is -0.111. The van der Waals surface area contributed by atoms with Crippen molar-refractivity contribution in [3.8, 4) is 11.8 Å². The van der Waals surface area contributed by atoms with E-state index in [0.717, 1.165) is 35.6 Å². The zero-order valence-corrected chi connectivity index (χ0v) is 15.0. The third-order valence-corrected chi connectivity index (χ3v) is 4.83. The molecule has 0 radical (unpaired) electrons. The molecule has 8 nitrogen and oxygen atoms in total. The lowest BCUT2D eigenvalue weighted by Gasteiger charge is -2.32. The van der Waals surface area contributed by atoms with Crippen LogP contribution >= 0.6 is 11.7 Å². The number of benzene rings is 1. The van der Waals surface area contributed by atoms with Crippen molar-refractivity contribution in [1.29, 1.82) is 0 Å². The molecule has 134 valence electrons.